The van der Waals surface area contributed by atoms with E-state index in [2.05, 4.69) is 0 Å². The first-order valence-electron chi connectivity index (χ1n) is 5.66. The van der Waals surface area contributed by atoms with E-state index in [-0.39, 0.29) is 24.3 Å². The number of nitrogens with two attached hydrogens (primary N) is 1. The molecule has 1 aliphatic rings. The summed E-state index contributed by atoms with van der Waals surface area (Å²) in [4.78, 5) is 10.4. The molecule has 0 aromatic heterocycles. The van der Waals surface area contributed by atoms with Gasteiger partial charge >= 0.3 is 5.97 Å². The summed E-state index contributed by atoms with van der Waals surface area (Å²) < 4.78 is 32.9. The number of halogens is 1. The highest BCUT2D eigenvalue weighted by Gasteiger charge is 2.37. The molecule has 0 bridgehead atoms. The summed E-state index contributed by atoms with van der Waals surface area (Å²) in [5.74, 6) is -1.24. The number of carbonyl (C=O) groups is 1. The third-order valence-electron chi connectivity index (χ3n) is 3.21. The van der Waals surface area contributed by atoms with Crippen molar-refractivity contribution in [2.45, 2.75) is 43.8 Å². The highest BCUT2D eigenvalue weighted by Crippen LogP contribution is 2.38. The fourth-order valence-electron chi connectivity index (χ4n) is 1.70. The van der Waals surface area contributed by atoms with Crippen LogP contribution in [0.1, 0.15) is 32.1 Å². The molecule has 17 heavy (non-hydrogen) atoms. The summed E-state index contributed by atoms with van der Waals surface area (Å²) in [6, 6.07) is -1.09. The number of aliphatic carboxylic acids is 1. The number of hydrogen-bond acceptors (Lipinski definition) is 4. The Kier molecular flexibility index (Phi) is 4.48. The van der Waals surface area contributed by atoms with Gasteiger partial charge in [-0.15, -0.1) is 0 Å². The number of hydrogen-bond donors (Lipinski definition) is 3. The minimum atomic E-state index is -2.90. The molecular formula is C10H19FN2O3S. The van der Waals surface area contributed by atoms with Gasteiger partial charge in [-0.25, -0.2) is 8.60 Å². The average Bonchev–Trinajstić information content (AvgIpc) is 2.20. The molecule has 100 valence electrons. The summed E-state index contributed by atoms with van der Waals surface area (Å²) in [6.07, 6.45) is 1.95. The van der Waals surface area contributed by atoms with Crippen molar-refractivity contribution in [2.24, 2.45) is 5.73 Å². The van der Waals surface area contributed by atoms with E-state index in [1.165, 1.54) is 0 Å². The van der Waals surface area contributed by atoms with Gasteiger partial charge in [0.2, 0.25) is 0 Å². The zero-order chi connectivity index (χ0) is 13.1. The van der Waals surface area contributed by atoms with E-state index in [0.717, 1.165) is 6.42 Å². The van der Waals surface area contributed by atoms with Crippen LogP contribution in [-0.2, 0) is 14.5 Å². The summed E-state index contributed by atoms with van der Waals surface area (Å²) in [7, 11) is -2.90. The Morgan fingerprint density at radius 1 is 1.53 bits per heavy atom. The average molecular weight is 266 g/mol. The van der Waals surface area contributed by atoms with E-state index >= 15 is 0 Å². The lowest BCUT2D eigenvalue weighted by molar-refractivity contribution is -0.138. The second kappa shape index (κ2) is 5.30. The molecule has 1 saturated carbocycles. The van der Waals surface area contributed by atoms with Crippen molar-refractivity contribution >= 4 is 15.7 Å². The molecule has 0 amide bonds. The topological polar surface area (TPSA) is 104 Å². The fraction of sp³-hybridized carbons (Fsp3) is 0.900. The summed E-state index contributed by atoms with van der Waals surface area (Å²) in [5, 5.41) is 8.55. The highest BCUT2D eigenvalue weighted by molar-refractivity contribution is 7.92. The normalized spacial score (nSPS) is 23.4. The zero-order valence-electron chi connectivity index (χ0n) is 9.65. The Bertz CT molecular complexity index is 379. The van der Waals surface area contributed by atoms with E-state index in [1.807, 2.05) is 0 Å². The van der Waals surface area contributed by atoms with Crippen LogP contribution in [0.25, 0.3) is 0 Å². The van der Waals surface area contributed by atoms with Gasteiger partial charge in [-0.3, -0.25) is 9.57 Å². The third-order valence-corrected chi connectivity index (χ3v) is 4.96. The number of carboxylic acids is 1. The molecule has 0 radical (unpaired) electrons. The fourth-order valence-corrected chi connectivity index (χ4v) is 3.24. The molecule has 1 fully saturated rings. The predicted octanol–water partition coefficient (Wildman–Crippen LogP) is 1.12. The van der Waals surface area contributed by atoms with Crippen LogP contribution >= 0.6 is 0 Å². The molecule has 2 atom stereocenters. The van der Waals surface area contributed by atoms with Gasteiger partial charge in [-0.05, 0) is 32.1 Å². The van der Waals surface area contributed by atoms with Gasteiger partial charge in [-0.1, -0.05) is 0 Å². The first kappa shape index (κ1) is 14.4. The quantitative estimate of drug-likeness (QED) is 0.642. The molecule has 0 aromatic carbocycles. The van der Waals surface area contributed by atoms with Crippen LogP contribution in [0.5, 0.6) is 0 Å². The zero-order valence-corrected chi connectivity index (χ0v) is 10.5. The highest BCUT2D eigenvalue weighted by atomic mass is 32.2. The van der Waals surface area contributed by atoms with Crippen LogP contribution in [0, 0.1) is 4.78 Å². The maximum absolute atomic E-state index is 13.6. The van der Waals surface area contributed by atoms with Crippen molar-refractivity contribution in [3.8, 4) is 0 Å². The molecule has 7 heteroatoms. The first-order chi connectivity index (χ1) is 7.74. The molecule has 5 nitrogen and oxygen atoms in total. The van der Waals surface area contributed by atoms with Crippen LogP contribution in [0.2, 0.25) is 0 Å². The lowest BCUT2D eigenvalue weighted by atomic mass is 9.80. The Balaban J connectivity index is 2.33. The van der Waals surface area contributed by atoms with E-state index in [4.69, 9.17) is 15.6 Å². The van der Waals surface area contributed by atoms with Crippen molar-refractivity contribution in [1.29, 1.82) is 4.78 Å². The maximum atomic E-state index is 13.6. The molecule has 0 saturated heterocycles. The Morgan fingerprint density at radius 3 is 2.53 bits per heavy atom. The molecule has 0 heterocycles. The molecule has 1 aliphatic carbocycles. The van der Waals surface area contributed by atoms with E-state index < -0.39 is 27.4 Å². The van der Waals surface area contributed by atoms with Gasteiger partial charge in [0, 0.05) is 21.2 Å². The SMILES string of the molecule is N=S(=O)(CCC(N)C(=O)O)CCC1(F)CCC1. The number of alkyl halides is 1. The first-order valence-corrected chi connectivity index (χ1v) is 7.55. The second-order valence-corrected chi connectivity index (χ2v) is 7.15. The van der Waals surface area contributed by atoms with Crippen LogP contribution in [0.15, 0.2) is 0 Å². The van der Waals surface area contributed by atoms with E-state index in [0.29, 0.717) is 12.8 Å². The van der Waals surface area contributed by atoms with Gasteiger partial charge in [-0.2, -0.15) is 0 Å². The van der Waals surface area contributed by atoms with E-state index in [9.17, 15) is 13.4 Å². The molecule has 0 spiro atoms. The van der Waals surface area contributed by atoms with Crippen LogP contribution in [-0.4, -0.2) is 38.5 Å². The standard InChI is InChI=1S/C10H19FN2O3S/c11-10(3-1-4-10)5-7-17(13,16)6-2-8(12)9(14)15/h8,13H,1-7,12H2,(H,14,15). The lowest BCUT2D eigenvalue weighted by Crippen LogP contribution is -2.35. The van der Waals surface area contributed by atoms with Gasteiger partial charge < -0.3 is 10.8 Å². The van der Waals surface area contributed by atoms with Crippen molar-refractivity contribution in [2.75, 3.05) is 11.5 Å². The minimum absolute atomic E-state index is 0.00302. The van der Waals surface area contributed by atoms with Crippen molar-refractivity contribution in [3.63, 3.8) is 0 Å². The number of carboxylic acid groups (broad SMARTS) is 1. The smallest absolute Gasteiger partial charge is 0.320 e. The molecule has 2 unspecified atom stereocenters. The lowest BCUT2D eigenvalue weighted by Gasteiger charge is -2.33. The molecule has 0 aromatic rings. The predicted molar refractivity (Wildman–Crippen MR) is 63.1 cm³/mol. The summed E-state index contributed by atoms with van der Waals surface area (Å²) in [6.45, 7) is 0. The van der Waals surface area contributed by atoms with Crippen molar-refractivity contribution < 1.29 is 18.5 Å². The minimum Gasteiger partial charge on any atom is -0.480 e. The van der Waals surface area contributed by atoms with Crippen LogP contribution < -0.4 is 5.73 Å². The van der Waals surface area contributed by atoms with E-state index in [1.54, 1.807) is 0 Å². The number of rotatable bonds is 7. The number of nitrogens with one attached hydrogen (secondary N) is 1. The van der Waals surface area contributed by atoms with Gasteiger partial charge in [0.25, 0.3) is 0 Å². The summed E-state index contributed by atoms with van der Waals surface area (Å²) >= 11 is 0. The molecule has 1 rings (SSSR count). The van der Waals surface area contributed by atoms with Crippen molar-refractivity contribution in [3.05, 3.63) is 0 Å². The largest absolute Gasteiger partial charge is 0.480 e. The summed E-state index contributed by atoms with van der Waals surface area (Å²) in [5.41, 5.74) is 4.02. The monoisotopic (exact) mass is 266 g/mol. The van der Waals surface area contributed by atoms with Crippen molar-refractivity contribution in [1.82, 2.24) is 0 Å². The molecule has 4 N–H and O–H groups in total. The second-order valence-electron chi connectivity index (χ2n) is 4.71. The van der Waals surface area contributed by atoms with Crippen LogP contribution in [0.3, 0.4) is 0 Å². The Labute approximate surface area is 101 Å². The third kappa shape index (κ3) is 4.59. The van der Waals surface area contributed by atoms with Crippen LogP contribution in [0.4, 0.5) is 4.39 Å². The van der Waals surface area contributed by atoms with Gasteiger partial charge in [0.15, 0.2) is 0 Å². The maximum Gasteiger partial charge on any atom is 0.320 e. The van der Waals surface area contributed by atoms with Gasteiger partial charge in [0.05, 0.1) is 0 Å². The van der Waals surface area contributed by atoms with Gasteiger partial charge in [0.1, 0.15) is 11.7 Å². The Morgan fingerprint density at radius 2 is 2.12 bits per heavy atom. The Hall–Kier alpha value is -0.690. The molecule has 0 aliphatic heterocycles. The molecular weight excluding hydrogens is 247 g/mol.